The third kappa shape index (κ3) is 3.04. The van der Waals surface area contributed by atoms with Crippen LogP contribution in [0.1, 0.15) is 10.4 Å². The number of aromatic nitrogens is 2. The lowest BCUT2D eigenvalue weighted by Gasteiger charge is -2.04. The summed E-state index contributed by atoms with van der Waals surface area (Å²) in [5.41, 5.74) is -0.852. The summed E-state index contributed by atoms with van der Waals surface area (Å²) < 4.78 is 13.5. The first kappa shape index (κ1) is 13.8. The largest absolute Gasteiger partial charge is 0.305 e. The molecule has 0 aliphatic carbocycles. The molecule has 0 radical (unpaired) electrons. The fourth-order valence-electron chi connectivity index (χ4n) is 1.37. The Hall–Kier alpha value is -2.61. The Bertz CT molecular complexity index is 678. The van der Waals surface area contributed by atoms with Crippen molar-refractivity contribution in [3.63, 3.8) is 0 Å². The molecular formula is C11H6ClFN4O3. The molecule has 1 aromatic carbocycles. The Morgan fingerprint density at radius 1 is 1.30 bits per heavy atom. The summed E-state index contributed by atoms with van der Waals surface area (Å²) in [6.45, 7) is 0. The summed E-state index contributed by atoms with van der Waals surface area (Å²) in [7, 11) is 0. The van der Waals surface area contributed by atoms with Crippen molar-refractivity contribution in [1.29, 1.82) is 0 Å². The number of hydrogen-bond acceptors (Lipinski definition) is 5. The summed E-state index contributed by atoms with van der Waals surface area (Å²) in [4.78, 5) is 21.7. The van der Waals surface area contributed by atoms with Gasteiger partial charge in [0.25, 0.3) is 11.6 Å². The minimum absolute atomic E-state index is 0.0466. The van der Waals surface area contributed by atoms with Gasteiger partial charge in [0.2, 0.25) is 0 Å². The van der Waals surface area contributed by atoms with Gasteiger partial charge in [-0.1, -0.05) is 11.6 Å². The fourth-order valence-corrected chi connectivity index (χ4v) is 1.47. The number of amides is 1. The molecule has 1 heterocycles. The molecule has 9 heteroatoms. The van der Waals surface area contributed by atoms with E-state index in [0.29, 0.717) is 0 Å². The molecule has 7 nitrogen and oxygen atoms in total. The maximum Gasteiger partial charge on any atom is 0.270 e. The Balaban J connectivity index is 2.26. The second-order valence-corrected chi connectivity index (χ2v) is 4.00. The number of hydrogen-bond donors (Lipinski definition) is 1. The molecule has 0 spiro atoms. The number of nitro benzene ring substituents is 1. The summed E-state index contributed by atoms with van der Waals surface area (Å²) in [5.74, 6) is -1.71. The van der Waals surface area contributed by atoms with Gasteiger partial charge in [0.15, 0.2) is 11.0 Å². The molecule has 1 amide bonds. The summed E-state index contributed by atoms with van der Waals surface area (Å²) in [5, 5.41) is 20.0. The van der Waals surface area contributed by atoms with Crippen LogP contribution in [0.25, 0.3) is 0 Å². The zero-order valence-electron chi connectivity index (χ0n) is 9.71. The predicted molar refractivity (Wildman–Crippen MR) is 68.0 cm³/mol. The van der Waals surface area contributed by atoms with E-state index < -0.39 is 27.9 Å². The number of halogens is 2. The van der Waals surface area contributed by atoms with Crippen molar-refractivity contribution in [3.05, 3.63) is 57.0 Å². The second-order valence-electron chi connectivity index (χ2n) is 3.62. The van der Waals surface area contributed by atoms with Gasteiger partial charge in [-0.15, -0.1) is 10.2 Å². The van der Waals surface area contributed by atoms with Crippen LogP contribution in [0, 0.1) is 15.9 Å². The van der Waals surface area contributed by atoms with Crippen LogP contribution in [0.4, 0.5) is 15.9 Å². The van der Waals surface area contributed by atoms with E-state index in [-0.39, 0.29) is 11.0 Å². The number of nitro groups is 1. The number of rotatable bonds is 3. The minimum Gasteiger partial charge on any atom is -0.305 e. The number of benzene rings is 1. The number of nitrogens with zero attached hydrogens (tertiary/aromatic N) is 3. The van der Waals surface area contributed by atoms with Crippen LogP contribution < -0.4 is 5.32 Å². The minimum atomic E-state index is -0.880. The van der Waals surface area contributed by atoms with E-state index in [2.05, 4.69) is 15.5 Å². The molecule has 20 heavy (non-hydrogen) atoms. The number of nitrogens with one attached hydrogen (secondary N) is 1. The third-order valence-corrected chi connectivity index (χ3v) is 2.48. The normalized spacial score (nSPS) is 10.1. The Labute approximate surface area is 116 Å². The molecule has 0 unspecified atom stereocenters. The maximum absolute atomic E-state index is 13.5. The predicted octanol–water partition coefficient (Wildman–Crippen LogP) is 2.43. The smallest absolute Gasteiger partial charge is 0.270 e. The van der Waals surface area contributed by atoms with E-state index >= 15 is 0 Å². The molecule has 2 aromatic rings. The van der Waals surface area contributed by atoms with Gasteiger partial charge in [-0.25, -0.2) is 4.39 Å². The topological polar surface area (TPSA) is 98.0 Å². The lowest BCUT2D eigenvalue weighted by atomic mass is 10.1. The van der Waals surface area contributed by atoms with E-state index in [1.54, 1.807) is 0 Å². The monoisotopic (exact) mass is 296 g/mol. The van der Waals surface area contributed by atoms with Gasteiger partial charge in [0.1, 0.15) is 5.82 Å². The molecule has 0 bridgehead atoms. The van der Waals surface area contributed by atoms with Crippen LogP contribution in [0.5, 0.6) is 0 Å². The molecule has 1 aromatic heterocycles. The summed E-state index contributed by atoms with van der Waals surface area (Å²) in [6.07, 6.45) is 0. The van der Waals surface area contributed by atoms with Crippen LogP contribution in [0.2, 0.25) is 5.15 Å². The van der Waals surface area contributed by atoms with Crippen LogP contribution >= 0.6 is 11.6 Å². The van der Waals surface area contributed by atoms with Crippen molar-refractivity contribution < 1.29 is 14.1 Å². The van der Waals surface area contributed by atoms with Gasteiger partial charge in [-0.05, 0) is 18.2 Å². The van der Waals surface area contributed by atoms with Crippen molar-refractivity contribution in [2.45, 2.75) is 0 Å². The first-order valence-corrected chi connectivity index (χ1v) is 5.59. The molecule has 0 atom stereocenters. The van der Waals surface area contributed by atoms with Gasteiger partial charge in [0.05, 0.1) is 10.5 Å². The van der Waals surface area contributed by atoms with Crippen molar-refractivity contribution >= 4 is 29.0 Å². The highest BCUT2D eigenvalue weighted by atomic mass is 35.5. The zero-order valence-corrected chi connectivity index (χ0v) is 10.5. The highest BCUT2D eigenvalue weighted by molar-refractivity contribution is 6.29. The van der Waals surface area contributed by atoms with E-state index in [4.69, 9.17) is 11.6 Å². The van der Waals surface area contributed by atoms with E-state index in [9.17, 15) is 19.3 Å². The van der Waals surface area contributed by atoms with E-state index in [1.807, 2.05) is 0 Å². The molecule has 0 aliphatic rings. The first-order valence-electron chi connectivity index (χ1n) is 5.22. The average molecular weight is 297 g/mol. The van der Waals surface area contributed by atoms with Crippen molar-refractivity contribution in [2.75, 3.05) is 5.32 Å². The van der Waals surface area contributed by atoms with E-state index in [1.165, 1.54) is 12.1 Å². The molecule has 0 saturated heterocycles. The van der Waals surface area contributed by atoms with Gasteiger partial charge >= 0.3 is 0 Å². The molecule has 0 saturated carbocycles. The summed E-state index contributed by atoms with van der Waals surface area (Å²) in [6, 6.07) is 5.40. The van der Waals surface area contributed by atoms with E-state index in [0.717, 1.165) is 18.2 Å². The van der Waals surface area contributed by atoms with Crippen molar-refractivity contribution in [2.24, 2.45) is 0 Å². The number of non-ortho nitro benzene ring substituents is 1. The second kappa shape index (κ2) is 5.57. The van der Waals surface area contributed by atoms with Crippen LogP contribution in [-0.2, 0) is 0 Å². The van der Waals surface area contributed by atoms with Crippen molar-refractivity contribution in [1.82, 2.24) is 10.2 Å². The molecular weight excluding hydrogens is 291 g/mol. The fraction of sp³-hybridized carbons (Fsp3) is 0. The molecule has 102 valence electrons. The quantitative estimate of drug-likeness (QED) is 0.693. The highest BCUT2D eigenvalue weighted by Gasteiger charge is 2.17. The Kier molecular flexibility index (Phi) is 3.85. The Morgan fingerprint density at radius 2 is 2.05 bits per heavy atom. The number of carbonyl (C=O) groups is 1. The summed E-state index contributed by atoms with van der Waals surface area (Å²) >= 11 is 5.52. The van der Waals surface area contributed by atoms with Crippen LogP contribution in [-0.4, -0.2) is 21.0 Å². The van der Waals surface area contributed by atoms with Gasteiger partial charge < -0.3 is 5.32 Å². The van der Waals surface area contributed by atoms with Gasteiger partial charge in [-0.3, -0.25) is 14.9 Å². The molecule has 0 fully saturated rings. The highest BCUT2D eigenvalue weighted by Crippen LogP contribution is 2.18. The standard InChI is InChI=1S/C11H6ClFN4O3/c12-9-3-4-10(16-15-9)14-11(18)7-5-6(17(19)20)1-2-8(7)13/h1-5H,(H,14,16,18). The first-order chi connectivity index (χ1) is 9.47. The maximum atomic E-state index is 13.5. The van der Waals surface area contributed by atoms with Crippen molar-refractivity contribution in [3.8, 4) is 0 Å². The lowest BCUT2D eigenvalue weighted by molar-refractivity contribution is -0.384. The number of anilines is 1. The van der Waals surface area contributed by atoms with Crippen LogP contribution in [0.3, 0.4) is 0 Å². The molecule has 1 N–H and O–H groups in total. The zero-order chi connectivity index (χ0) is 14.7. The Morgan fingerprint density at radius 3 is 2.65 bits per heavy atom. The molecule has 0 aliphatic heterocycles. The van der Waals surface area contributed by atoms with Gasteiger partial charge in [-0.2, -0.15) is 0 Å². The van der Waals surface area contributed by atoms with Crippen LogP contribution in [0.15, 0.2) is 30.3 Å². The molecule has 2 rings (SSSR count). The number of carbonyl (C=O) groups excluding carboxylic acids is 1. The average Bonchev–Trinajstić information content (AvgIpc) is 2.41. The van der Waals surface area contributed by atoms with Gasteiger partial charge in [0, 0.05) is 12.1 Å². The third-order valence-electron chi connectivity index (χ3n) is 2.28. The lowest BCUT2D eigenvalue weighted by Crippen LogP contribution is -2.15. The SMILES string of the molecule is O=C(Nc1ccc(Cl)nn1)c1cc([N+](=O)[O-])ccc1F.